The molecular weight excluding hydrogens is 473 g/mol. The molecule has 1 saturated heterocycles. The highest BCUT2D eigenvalue weighted by atomic mass is 28.5. The first kappa shape index (κ1) is 28.7. The van der Waals surface area contributed by atoms with Crippen molar-refractivity contribution in [1.82, 2.24) is 0 Å². The molecule has 8 nitrogen and oxygen atoms in total. The second-order valence-electron chi connectivity index (χ2n) is 8.94. The highest BCUT2D eigenvalue weighted by Crippen LogP contribution is 2.38. The molecule has 0 aliphatic carbocycles. The smallest absolute Gasteiger partial charge is 0.317 e. The third kappa shape index (κ3) is 10.1. The maximum Gasteiger partial charge on any atom is 0.317 e. The fourth-order valence-electron chi connectivity index (χ4n) is 4.25. The summed E-state index contributed by atoms with van der Waals surface area (Å²) in [5.74, 6) is 0. The summed E-state index contributed by atoms with van der Waals surface area (Å²) in [5, 5.41) is 18.0. The van der Waals surface area contributed by atoms with Gasteiger partial charge in [-0.2, -0.15) is 10.5 Å². The van der Waals surface area contributed by atoms with E-state index >= 15 is 0 Å². The van der Waals surface area contributed by atoms with Gasteiger partial charge in [-0.3, -0.25) is 0 Å². The van der Waals surface area contributed by atoms with Crippen molar-refractivity contribution in [2.75, 3.05) is 13.1 Å². The monoisotopic (exact) mass is 508 g/mol. The topological polar surface area (TPSA) is 93.2 Å². The van der Waals surface area contributed by atoms with E-state index in [1.165, 1.54) is 0 Å². The maximum absolute atomic E-state index is 9.02. The Bertz CT molecular complexity index is 636. The number of nitrogens with zero attached hydrogens (tertiary/aromatic N) is 4. The molecule has 1 aliphatic rings. The highest BCUT2D eigenvalue weighted by Gasteiger charge is 2.56. The fraction of sp³-hybridized carbons (Fsp3) is 0.800. The Balaban J connectivity index is 3.28. The maximum atomic E-state index is 9.02. The summed E-state index contributed by atoms with van der Waals surface area (Å²) in [5.41, 5.74) is 0. The van der Waals surface area contributed by atoms with Gasteiger partial charge in [0.2, 0.25) is 13.1 Å². The third-order valence-corrected chi connectivity index (χ3v) is 24.2. The third-order valence-electron chi connectivity index (χ3n) is 5.37. The van der Waals surface area contributed by atoms with E-state index in [0.717, 1.165) is 0 Å². The molecule has 1 fully saturated rings. The van der Waals surface area contributed by atoms with E-state index in [9.17, 15) is 0 Å². The molecule has 0 aromatic heterocycles. The lowest BCUT2D eigenvalue weighted by Gasteiger charge is -2.50. The molecule has 1 heterocycles. The second kappa shape index (κ2) is 13.4. The Labute approximate surface area is 198 Å². The van der Waals surface area contributed by atoms with Crippen molar-refractivity contribution in [3.05, 3.63) is 22.8 Å². The molecule has 0 amide bonds. The van der Waals surface area contributed by atoms with Crippen molar-refractivity contribution in [3.63, 3.8) is 0 Å². The minimum absolute atomic E-state index is 0.431. The molecule has 4 atom stereocenters. The number of hydrogen-bond acceptors (Lipinski definition) is 6. The molecule has 32 heavy (non-hydrogen) atoms. The Morgan fingerprint density at radius 1 is 0.594 bits per heavy atom. The molecule has 0 spiro atoms. The summed E-state index contributed by atoms with van der Waals surface area (Å²) in [6.07, 6.45) is 3.71. The minimum atomic E-state index is -2.71. The van der Waals surface area contributed by atoms with Crippen LogP contribution in [0.4, 0.5) is 0 Å². The van der Waals surface area contributed by atoms with Gasteiger partial charge in [0.15, 0.2) is 0 Å². The van der Waals surface area contributed by atoms with Gasteiger partial charge in [0, 0.05) is 25.7 Å². The fourth-order valence-corrected chi connectivity index (χ4v) is 27.5. The molecule has 0 saturated carbocycles. The minimum Gasteiger partial charge on any atom is -0.416 e. The average Bonchev–Trinajstić information content (AvgIpc) is 2.67. The van der Waals surface area contributed by atoms with Gasteiger partial charge < -0.3 is 26.2 Å². The Kier molecular flexibility index (Phi) is 12.0. The van der Waals surface area contributed by atoms with Crippen molar-refractivity contribution in [3.8, 4) is 12.1 Å². The van der Waals surface area contributed by atoms with Gasteiger partial charge in [0.05, 0.1) is 12.1 Å². The summed E-state index contributed by atoms with van der Waals surface area (Å²) in [7, 11) is -10.8. The zero-order valence-corrected chi connectivity index (χ0v) is 23.9. The zero-order valence-electron chi connectivity index (χ0n) is 19.9. The van der Waals surface area contributed by atoms with Gasteiger partial charge in [-0.1, -0.05) is 0 Å². The van der Waals surface area contributed by atoms with Gasteiger partial charge in [-0.15, -0.1) is 0 Å². The molecule has 1 rings (SSSR count). The van der Waals surface area contributed by atoms with E-state index in [1.807, 2.05) is 0 Å². The van der Waals surface area contributed by atoms with E-state index in [1.54, 1.807) is 0 Å². The van der Waals surface area contributed by atoms with Crippen LogP contribution in [0.5, 0.6) is 0 Å². The number of unbranched alkanes of at least 4 members (excludes halogenated alkanes) is 2. The standard InChI is InChI=1S/C20H36N4O4Si4/c1-23-15-11-19-31(5)26-29(3,17-9-7-13-21)25-30(4,18-10-8-14-22)27-32(6,28-31)20-12-16-24-2/h7-12,15-20H2,3-6H3. The molecular formula is C20H36N4O4Si4. The number of rotatable bonds is 12. The molecule has 0 aromatic carbocycles. The summed E-state index contributed by atoms with van der Waals surface area (Å²) in [6.45, 7) is 23.3. The van der Waals surface area contributed by atoms with E-state index in [-0.39, 0.29) is 0 Å². The van der Waals surface area contributed by atoms with E-state index in [0.29, 0.717) is 75.8 Å². The van der Waals surface area contributed by atoms with Gasteiger partial charge in [-0.25, -0.2) is 13.1 Å². The molecule has 0 bridgehead atoms. The van der Waals surface area contributed by atoms with E-state index in [2.05, 4.69) is 48.0 Å². The quantitative estimate of drug-likeness (QED) is 0.194. The molecule has 1 aliphatic heterocycles. The van der Waals surface area contributed by atoms with Crippen LogP contribution in [0.15, 0.2) is 0 Å². The second-order valence-corrected chi connectivity index (χ2v) is 23.3. The van der Waals surface area contributed by atoms with Gasteiger partial charge in [0.25, 0.3) is 0 Å². The lowest BCUT2D eigenvalue weighted by atomic mass is 10.4. The highest BCUT2D eigenvalue weighted by molar-refractivity contribution is 6.93. The van der Waals surface area contributed by atoms with Gasteiger partial charge in [-0.05, 0) is 63.2 Å². The predicted octanol–water partition coefficient (Wildman–Crippen LogP) is 5.58. The summed E-state index contributed by atoms with van der Waals surface area (Å²) in [4.78, 5) is 6.97. The first-order chi connectivity index (χ1) is 15.1. The van der Waals surface area contributed by atoms with Crippen LogP contribution in [-0.4, -0.2) is 47.3 Å². The van der Waals surface area contributed by atoms with Crippen LogP contribution < -0.4 is 0 Å². The lowest BCUT2D eigenvalue weighted by molar-refractivity contribution is 0.221. The Morgan fingerprint density at radius 2 is 0.875 bits per heavy atom. The van der Waals surface area contributed by atoms with Crippen molar-refractivity contribution in [2.45, 2.75) is 88.9 Å². The SMILES string of the molecule is [C-]#[N+]CCC[Si]1(C)O[Si](C)(CCCC#N)O[Si](C)(CCCC#N)O[Si](C)(CCC[N+]#[C-])O1. The molecule has 0 radical (unpaired) electrons. The predicted molar refractivity (Wildman–Crippen MR) is 132 cm³/mol. The zero-order chi connectivity index (χ0) is 24.1. The summed E-state index contributed by atoms with van der Waals surface area (Å²) < 4.78 is 27.4. The molecule has 0 N–H and O–H groups in total. The van der Waals surface area contributed by atoms with Crippen LogP contribution in [0.3, 0.4) is 0 Å². The Morgan fingerprint density at radius 3 is 1.12 bits per heavy atom. The van der Waals surface area contributed by atoms with Crippen LogP contribution >= 0.6 is 0 Å². The number of nitriles is 2. The van der Waals surface area contributed by atoms with Crippen LogP contribution in [0.2, 0.25) is 50.4 Å². The Hall–Kier alpha value is -1.33. The van der Waals surface area contributed by atoms with Crippen molar-refractivity contribution in [2.24, 2.45) is 0 Å². The van der Waals surface area contributed by atoms with Crippen LogP contribution in [0.1, 0.15) is 38.5 Å². The van der Waals surface area contributed by atoms with Crippen molar-refractivity contribution < 1.29 is 16.5 Å². The summed E-state index contributed by atoms with van der Waals surface area (Å²) >= 11 is 0. The van der Waals surface area contributed by atoms with Crippen LogP contribution in [0.25, 0.3) is 9.69 Å². The summed E-state index contributed by atoms with van der Waals surface area (Å²) in [6, 6.07) is 7.18. The first-order valence-electron chi connectivity index (χ1n) is 11.3. The average molecular weight is 509 g/mol. The van der Waals surface area contributed by atoms with E-state index < -0.39 is 34.2 Å². The molecule has 12 heteroatoms. The first-order valence-corrected chi connectivity index (χ1v) is 21.4. The van der Waals surface area contributed by atoms with Crippen LogP contribution in [0, 0.1) is 35.8 Å². The van der Waals surface area contributed by atoms with Crippen molar-refractivity contribution >= 4 is 34.2 Å². The largest absolute Gasteiger partial charge is 0.416 e. The van der Waals surface area contributed by atoms with Gasteiger partial charge in [0.1, 0.15) is 0 Å². The molecule has 4 unspecified atom stereocenters. The van der Waals surface area contributed by atoms with Gasteiger partial charge >= 0.3 is 34.2 Å². The lowest BCUT2D eigenvalue weighted by Crippen LogP contribution is -2.67. The van der Waals surface area contributed by atoms with E-state index in [4.69, 9.17) is 40.1 Å². The molecule has 0 aromatic rings. The van der Waals surface area contributed by atoms with Crippen molar-refractivity contribution in [1.29, 1.82) is 10.5 Å². The molecule has 176 valence electrons. The van der Waals surface area contributed by atoms with Crippen LogP contribution in [-0.2, 0) is 16.5 Å². The number of hydrogen-bond donors (Lipinski definition) is 0. The normalized spacial score (nSPS) is 32.5.